The Balaban J connectivity index is 1.39. The lowest BCUT2D eigenvalue weighted by Gasteiger charge is -2.24. The van der Waals surface area contributed by atoms with Crippen LogP contribution in [0.15, 0.2) is 67.0 Å². The second-order valence-electron chi connectivity index (χ2n) is 7.74. The maximum absolute atomic E-state index is 13.1. The molecule has 1 aliphatic heterocycles. The minimum Gasteiger partial charge on any atom is -0.338 e. The molecule has 2 aliphatic rings. The Morgan fingerprint density at radius 1 is 1.07 bits per heavy atom. The zero-order valence-corrected chi connectivity index (χ0v) is 16.1. The molecule has 2 atom stereocenters. The number of pyridine rings is 1. The number of anilines is 1. The zero-order chi connectivity index (χ0) is 20.0. The molecule has 2 heterocycles. The molecule has 5 nitrogen and oxygen atoms in total. The third kappa shape index (κ3) is 2.99. The molecule has 144 valence electrons. The van der Waals surface area contributed by atoms with E-state index < -0.39 is 5.92 Å². The standard InChI is InChI=1S/C24H21N3O2/c1-27-22(28)13-21(23(27)16-6-4-10-25-14-16)24(29)26-18-8-9-20-17(12-18)11-15-5-2-3-7-19(15)20/h2-10,12,14,21,23H,11,13H2,1H3,(H,26,29). The first kappa shape index (κ1) is 17.6. The maximum Gasteiger partial charge on any atom is 0.230 e. The van der Waals surface area contributed by atoms with E-state index in [0.29, 0.717) is 0 Å². The number of fused-ring (bicyclic) bond motifs is 3. The van der Waals surface area contributed by atoms with Crippen molar-refractivity contribution in [2.75, 3.05) is 12.4 Å². The van der Waals surface area contributed by atoms with E-state index in [4.69, 9.17) is 0 Å². The van der Waals surface area contributed by atoms with Gasteiger partial charge in [-0.2, -0.15) is 0 Å². The molecule has 2 aromatic carbocycles. The summed E-state index contributed by atoms with van der Waals surface area (Å²) in [7, 11) is 1.75. The summed E-state index contributed by atoms with van der Waals surface area (Å²) in [5.41, 5.74) is 6.67. The largest absolute Gasteiger partial charge is 0.338 e. The van der Waals surface area contributed by atoms with Gasteiger partial charge >= 0.3 is 0 Å². The van der Waals surface area contributed by atoms with Crippen molar-refractivity contribution in [2.45, 2.75) is 18.9 Å². The lowest BCUT2D eigenvalue weighted by Crippen LogP contribution is -2.30. The van der Waals surface area contributed by atoms with E-state index in [0.717, 1.165) is 17.7 Å². The predicted molar refractivity (Wildman–Crippen MR) is 111 cm³/mol. The van der Waals surface area contributed by atoms with Crippen LogP contribution in [-0.4, -0.2) is 28.7 Å². The lowest BCUT2D eigenvalue weighted by molar-refractivity contribution is -0.127. The van der Waals surface area contributed by atoms with Gasteiger partial charge in [0.25, 0.3) is 0 Å². The fourth-order valence-corrected chi connectivity index (χ4v) is 4.57. The number of nitrogens with one attached hydrogen (secondary N) is 1. The number of likely N-dealkylation sites (tertiary alicyclic amines) is 1. The summed E-state index contributed by atoms with van der Waals surface area (Å²) in [6.07, 6.45) is 4.50. The van der Waals surface area contributed by atoms with Crippen LogP contribution in [0.2, 0.25) is 0 Å². The number of hydrogen-bond donors (Lipinski definition) is 1. The minimum atomic E-state index is -0.442. The Hall–Kier alpha value is -3.47. The van der Waals surface area contributed by atoms with Crippen LogP contribution >= 0.6 is 0 Å². The summed E-state index contributed by atoms with van der Waals surface area (Å²) in [6, 6.07) is 17.9. The van der Waals surface area contributed by atoms with Crippen molar-refractivity contribution in [1.29, 1.82) is 0 Å². The summed E-state index contributed by atoms with van der Waals surface area (Å²) in [6.45, 7) is 0. The van der Waals surface area contributed by atoms with Crippen molar-refractivity contribution >= 4 is 17.5 Å². The number of carbonyl (C=O) groups excluding carboxylic acids is 2. The SMILES string of the molecule is CN1C(=O)CC(C(=O)Nc2ccc3c(c2)Cc2ccccc2-3)C1c1cccnc1. The highest BCUT2D eigenvalue weighted by Crippen LogP contribution is 2.39. The second kappa shape index (κ2) is 6.85. The van der Waals surface area contributed by atoms with E-state index in [1.54, 1.807) is 24.3 Å². The van der Waals surface area contributed by atoms with Crippen LogP contribution in [0.4, 0.5) is 5.69 Å². The zero-order valence-electron chi connectivity index (χ0n) is 16.1. The third-order valence-electron chi connectivity index (χ3n) is 6.01. The molecule has 3 aromatic rings. The van der Waals surface area contributed by atoms with Crippen LogP contribution in [0.25, 0.3) is 11.1 Å². The molecule has 1 aliphatic carbocycles. The van der Waals surface area contributed by atoms with Crippen LogP contribution in [-0.2, 0) is 16.0 Å². The number of aromatic nitrogens is 1. The first-order valence-corrected chi connectivity index (χ1v) is 9.79. The highest BCUT2D eigenvalue weighted by molar-refractivity contribution is 5.98. The van der Waals surface area contributed by atoms with Gasteiger partial charge in [-0.25, -0.2) is 0 Å². The summed E-state index contributed by atoms with van der Waals surface area (Å²) in [5.74, 6) is -0.599. The number of rotatable bonds is 3. The van der Waals surface area contributed by atoms with E-state index in [9.17, 15) is 9.59 Å². The number of amides is 2. The summed E-state index contributed by atoms with van der Waals surface area (Å²) in [5, 5.41) is 3.04. The molecule has 5 rings (SSSR count). The molecule has 5 heteroatoms. The van der Waals surface area contributed by atoms with Crippen LogP contribution < -0.4 is 5.32 Å². The van der Waals surface area contributed by atoms with Gasteiger partial charge in [-0.05, 0) is 52.4 Å². The second-order valence-corrected chi connectivity index (χ2v) is 7.74. The van der Waals surface area contributed by atoms with Gasteiger partial charge in [0.05, 0.1) is 12.0 Å². The molecule has 0 bridgehead atoms. The van der Waals surface area contributed by atoms with E-state index in [1.165, 1.54) is 22.3 Å². The van der Waals surface area contributed by atoms with Crippen LogP contribution in [0.5, 0.6) is 0 Å². The monoisotopic (exact) mass is 383 g/mol. The quantitative estimate of drug-likeness (QED) is 0.585. The number of carbonyl (C=O) groups is 2. The van der Waals surface area contributed by atoms with Gasteiger partial charge in [-0.15, -0.1) is 0 Å². The topological polar surface area (TPSA) is 62.3 Å². The van der Waals surface area contributed by atoms with Gasteiger partial charge in [-0.1, -0.05) is 36.4 Å². The fourth-order valence-electron chi connectivity index (χ4n) is 4.57. The van der Waals surface area contributed by atoms with Gasteiger partial charge in [0.1, 0.15) is 0 Å². The van der Waals surface area contributed by atoms with Crippen molar-refractivity contribution < 1.29 is 9.59 Å². The lowest BCUT2D eigenvalue weighted by atomic mass is 9.93. The fraction of sp³-hybridized carbons (Fsp3) is 0.208. The van der Waals surface area contributed by atoms with Crippen LogP contribution in [0.3, 0.4) is 0 Å². The Morgan fingerprint density at radius 3 is 2.72 bits per heavy atom. The number of nitrogens with zero attached hydrogens (tertiary/aromatic N) is 2. The third-order valence-corrected chi connectivity index (χ3v) is 6.01. The Labute approximate surface area is 169 Å². The minimum absolute atomic E-state index is 0.0246. The van der Waals surface area contributed by atoms with Crippen molar-refractivity contribution in [3.8, 4) is 11.1 Å². The molecule has 1 fully saturated rings. The molecule has 1 N–H and O–H groups in total. The van der Waals surface area contributed by atoms with Crippen molar-refractivity contribution in [1.82, 2.24) is 9.88 Å². The van der Waals surface area contributed by atoms with Crippen molar-refractivity contribution in [3.63, 3.8) is 0 Å². The highest BCUT2D eigenvalue weighted by Gasteiger charge is 2.42. The molecule has 0 saturated carbocycles. The average molecular weight is 383 g/mol. The van der Waals surface area contributed by atoms with E-state index >= 15 is 0 Å². The van der Waals surface area contributed by atoms with Crippen LogP contribution in [0, 0.1) is 5.92 Å². The Morgan fingerprint density at radius 2 is 1.90 bits per heavy atom. The molecule has 0 spiro atoms. The first-order valence-electron chi connectivity index (χ1n) is 9.79. The summed E-state index contributed by atoms with van der Waals surface area (Å²) < 4.78 is 0. The van der Waals surface area contributed by atoms with Crippen molar-refractivity contribution in [2.24, 2.45) is 5.92 Å². The molecule has 29 heavy (non-hydrogen) atoms. The normalized spacial score (nSPS) is 19.8. The van der Waals surface area contributed by atoms with E-state index in [2.05, 4.69) is 40.6 Å². The van der Waals surface area contributed by atoms with Gasteiger partial charge in [-0.3, -0.25) is 14.6 Å². The first-order chi connectivity index (χ1) is 14.1. The van der Waals surface area contributed by atoms with Crippen molar-refractivity contribution in [3.05, 3.63) is 83.7 Å². The van der Waals surface area contributed by atoms with Gasteiger partial charge in [0.15, 0.2) is 0 Å². The van der Waals surface area contributed by atoms with Crippen LogP contribution in [0.1, 0.15) is 29.2 Å². The Bertz CT molecular complexity index is 1110. The maximum atomic E-state index is 13.1. The molecule has 2 unspecified atom stereocenters. The van der Waals surface area contributed by atoms with Gasteiger partial charge in [0, 0.05) is 31.5 Å². The molecular weight excluding hydrogens is 362 g/mol. The summed E-state index contributed by atoms with van der Waals surface area (Å²) >= 11 is 0. The summed E-state index contributed by atoms with van der Waals surface area (Å²) in [4.78, 5) is 31.2. The molecule has 2 amide bonds. The highest BCUT2D eigenvalue weighted by atomic mass is 16.2. The number of benzene rings is 2. The average Bonchev–Trinajstić information content (AvgIpc) is 3.25. The molecular formula is C24H21N3O2. The molecule has 1 saturated heterocycles. The molecule has 0 radical (unpaired) electrons. The van der Waals surface area contributed by atoms with Gasteiger partial charge < -0.3 is 10.2 Å². The Kier molecular flexibility index (Phi) is 4.16. The molecule has 1 aromatic heterocycles. The van der Waals surface area contributed by atoms with E-state index in [-0.39, 0.29) is 24.3 Å². The predicted octanol–water partition coefficient (Wildman–Crippen LogP) is 3.81. The van der Waals surface area contributed by atoms with Gasteiger partial charge in [0.2, 0.25) is 11.8 Å². The smallest absolute Gasteiger partial charge is 0.230 e. The number of hydrogen-bond acceptors (Lipinski definition) is 3. The van der Waals surface area contributed by atoms with E-state index in [1.807, 2.05) is 24.3 Å².